The Balaban J connectivity index is 1.92. The molecule has 0 spiro atoms. The quantitative estimate of drug-likeness (QED) is 0.750. The lowest BCUT2D eigenvalue weighted by molar-refractivity contribution is -0.470. The summed E-state index contributed by atoms with van der Waals surface area (Å²) in [5, 5.41) is 0. The Morgan fingerprint density at radius 3 is 2.17 bits per heavy atom. The van der Waals surface area contributed by atoms with E-state index in [2.05, 4.69) is 11.8 Å². The summed E-state index contributed by atoms with van der Waals surface area (Å²) < 4.78 is 17.2. The molecule has 0 saturated carbocycles. The predicted molar refractivity (Wildman–Crippen MR) is 64.5 cm³/mol. The third-order valence-electron chi connectivity index (χ3n) is 3.44. The second-order valence-corrected chi connectivity index (χ2v) is 5.22. The van der Waals surface area contributed by atoms with Crippen LogP contribution < -0.4 is 0 Å². The monoisotopic (exact) mass is 245 g/mol. The van der Waals surface area contributed by atoms with Crippen molar-refractivity contribution in [2.75, 3.05) is 19.8 Å². The van der Waals surface area contributed by atoms with Gasteiger partial charge < -0.3 is 14.2 Å². The van der Waals surface area contributed by atoms with Gasteiger partial charge in [-0.1, -0.05) is 37.3 Å². The summed E-state index contributed by atoms with van der Waals surface area (Å²) in [4.78, 5) is 3.65. The van der Waals surface area contributed by atoms with Crippen molar-refractivity contribution in [2.45, 2.75) is 18.9 Å². The van der Waals surface area contributed by atoms with Crippen LogP contribution in [0.2, 0.25) is 0 Å². The van der Waals surface area contributed by atoms with E-state index in [1.165, 1.54) is 0 Å². The zero-order valence-electron chi connectivity index (χ0n) is 10.3. The lowest BCUT2D eigenvalue weighted by Gasteiger charge is -2.49. The highest BCUT2D eigenvalue weighted by molar-refractivity contribution is 5.24. The maximum atomic E-state index is 7.41. The molecule has 0 unspecified atom stereocenters. The lowest BCUT2D eigenvalue weighted by atomic mass is 9.90. The van der Waals surface area contributed by atoms with Crippen LogP contribution in [0.5, 0.6) is 0 Å². The van der Waals surface area contributed by atoms with Crippen molar-refractivity contribution < 1.29 is 14.2 Å². The number of ether oxygens (including phenoxy) is 3. The van der Waals surface area contributed by atoms with Crippen molar-refractivity contribution in [1.82, 2.24) is 0 Å². The molecule has 1 aromatic rings. The fourth-order valence-corrected chi connectivity index (χ4v) is 2.30. The summed E-state index contributed by atoms with van der Waals surface area (Å²) in [5.41, 5.74) is 0.781. The first-order valence-corrected chi connectivity index (χ1v) is 6.01. The standard InChI is InChI=1S/C14H15NO3/c1-13-8-16-14(17-9-13,18-10-13)12(15-2)11-6-4-3-5-7-11/h3-7,12H,8-10H2,1H3/t12-,13?,14?/m0/s1. The van der Waals surface area contributed by atoms with Gasteiger partial charge in [-0.3, -0.25) is 4.85 Å². The molecule has 0 aliphatic carbocycles. The van der Waals surface area contributed by atoms with Crippen molar-refractivity contribution in [3.63, 3.8) is 0 Å². The van der Waals surface area contributed by atoms with Gasteiger partial charge in [0, 0.05) is 11.0 Å². The van der Waals surface area contributed by atoms with E-state index in [0.717, 1.165) is 5.56 Å². The minimum Gasteiger partial charge on any atom is -0.320 e. The van der Waals surface area contributed by atoms with Crippen LogP contribution in [0, 0.1) is 12.0 Å². The van der Waals surface area contributed by atoms with E-state index in [9.17, 15) is 0 Å². The average molecular weight is 245 g/mol. The van der Waals surface area contributed by atoms with Crippen LogP contribution in [0.1, 0.15) is 18.5 Å². The summed E-state index contributed by atoms with van der Waals surface area (Å²) in [6.07, 6.45) is 0. The van der Waals surface area contributed by atoms with Crippen LogP contribution in [0.4, 0.5) is 0 Å². The molecule has 4 heteroatoms. The van der Waals surface area contributed by atoms with Gasteiger partial charge in [0.2, 0.25) is 0 Å². The highest BCUT2D eigenvalue weighted by atomic mass is 16.9. The smallest absolute Gasteiger partial charge is 0.320 e. The second kappa shape index (κ2) is 4.06. The summed E-state index contributed by atoms with van der Waals surface area (Å²) in [5.74, 6) is -1.22. The molecule has 4 nitrogen and oxygen atoms in total. The molecular formula is C14H15NO3. The van der Waals surface area contributed by atoms with Crippen LogP contribution in [0.3, 0.4) is 0 Å². The zero-order chi connectivity index (χ0) is 12.6. The maximum Gasteiger partial charge on any atom is 0.367 e. The van der Waals surface area contributed by atoms with E-state index in [1.54, 1.807) is 0 Å². The largest absolute Gasteiger partial charge is 0.367 e. The van der Waals surface area contributed by atoms with Crippen LogP contribution in [0.25, 0.3) is 4.85 Å². The molecule has 1 atom stereocenters. The van der Waals surface area contributed by atoms with Crippen molar-refractivity contribution in [3.05, 3.63) is 47.3 Å². The average Bonchev–Trinajstić information content (AvgIpc) is 2.42. The van der Waals surface area contributed by atoms with E-state index >= 15 is 0 Å². The number of benzene rings is 1. The van der Waals surface area contributed by atoms with Gasteiger partial charge in [-0.05, 0) is 0 Å². The molecule has 1 aromatic carbocycles. The minimum atomic E-state index is -1.22. The topological polar surface area (TPSA) is 32.0 Å². The molecule has 4 rings (SSSR count). The van der Waals surface area contributed by atoms with Gasteiger partial charge in [0.25, 0.3) is 0 Å². The molecule has 0 N–H and O–H groups in total. The second-order valence-electron chi connectivity index (χ2n) is 5.22. The molecule has 2 bridgehead atoms. The fourth-order valence-electron chi connectivity index (χ4n) is 2.30. The van der Waals surface area contributed by atoms with Crippen LogP contribution >= 0.6 is 0 Å². The molecule has 0 radical (unpaired) electrons. The Bertz CT molecular complexity index is 455. The third-order valence-corrected chi connectivity index (χ3v) is 3.44. The summed E-state index contributed by atoms with van der Waals surface area (Å²) in [7, 11) is 0. The molecule has 0 amide bonds. The van der Waals surface area contributed by atoms with Gasteiger partial charge in [0.1, 0.15) is 0 Å². The van der Waals surface area contributed by atoms with Crippen LogP contribution in [-0.2, 0) is 14.2 Å². The Morgan fingerprint density at radius 2 is 1.67 bits per heavy atom. The highest BCUT2D eigenvalue weighted by Crippen LogP contribution is 2.45. The molecule has 3 aliphatic heterocycles. The fraction of sp³-hybridized carbons (Fsp3) is 0.500. The zero-order valence-corrected chi connectivity index (χ0v) is 10.3. The predicted octanol–water partition coefficient (Wildman–Crippen LogP) is 2.38. The minimum absolute atomic E-state index is 0.0784. The Morgan fingerprint density at radius 1 is 1.11 bits per heavy atom. The first-order valence-electron chi connectivity index (χ1n) is 6.01. The molecule has 3 saturated heterocycles. The number of hydrogen-bond acceptors (Lipinski definition) is 3. The molecule has 3 heterocycles. The molecule has 18 heavy (non-hydrogen) atoms. The van der Waals surface area contributed by atoms with E-state index in [-0.39, 0.29) is 5.41 Å². The normalized spacial score (nSPS) is 36.0. The van der Waals surface area contributed by atoms with Gasteiger partial charge in [-0.25, -0.2) is 6.57 Å². The van der Waals surface area contributed by atoms with Gasteiger partial charge in [-0.2, -0.15) is 0 Å². The maximum absolute atomic E-state index is 7.41. The van der Waals surface area contributed by atoms with Crippen molar-refractivity contribution in [2.24, 2.45) is 5.41 Å². The van der Waals surface area contributed by atoms with E-state index in [4.69, 9.17) is 20.8 Å². The number of rotatable bonds is 2. The summed E-state index contributed by atoms with van der Waals surface area (Å²) in [6.45, 7) is 11.2. The van der Waals surface area contributed by atoms with Crippen LogP contribution in [-0.4, -0.2) is 25.8 Å². The van der Waals surface area contributed by atoms with Gasteiger partial charge in [0.15, 0.2) is 0 Å². The molecule has 3 aliphatic rings. The van der Waals surface area contributed by atoms with Crippen molar-refractivity contribution in [1.29, 1.82) is 0 Å². The van der Waals surface area contributed by atoms with Gasteiger partial charge in [-0.15, -0.1) is 0 Å². The van der Waals surface area contributed by atoms with Gasteiger partial charge in [0.05, 0.1) is 19.8 Å². The lowest BCUT2D eigenvalue weighted by Crippen LogP contribution is -2.60. The van der Waals surface area contributed by atoms with E-state index in [1.807, 2.05) is 30.3 Å². The van der Waals surface area contributed by atoms with Crippen molar-refractivity contribution in [3.8, 4) is 0 Å². The van der Waals surface area contributed by atoms with E-state index < -0.39 is 12.0 Å². The first kappa shape index (κ1) is 11.7. The number of nitrogens with zero attached hydrogens (tertiary/aromatic N) is 1. The van der Waals surface area contributed by atoms with E-state index in [0.29, 0.717) is 19.8 Å². The highest BCUT2D eigenvalue weighted by Gasteiger charge is 2.59. The summed E-state index contributed by atoms with van der Waals surface area (Å²) >= 11 is 0. The molecule has 94 valence electrons. The molecule has 0 aromatic heterocycles. The van der Waals surface area contributed by atoms with Gasteiger partial charge >= 0.3 is 12.0 Å². The number of fused-ring (bicyclic) bond motifs is 3. The summed E-state index contributed by atoms with van der Waals surface area (Å²) in [6, 6.07) is 8.94. The Labute approximate surface area is 106 Å². The Kier molecular flexibility index (Phi) is 2.63. The number of hydrogen-bond donors (Lipinski definition) is 0. The molecular weight excluding hydrogens is 230 g/mol. The molecule has 3 fully saturated rings. The third kappa shape index (κ3) is 1.72. The first-order chi connectivity index (χ1) is 8.68. The van der Waals surface area contributed by atoms with Crippen LogP contribution in [0.15, 0.2) is 30.3 Å². The van der Waals surface area contributed by atoms with Crippen molar-refractivity contribution >= 4 is 0 Å². The Hall–Kier alpha value is -1.41. The SMILES string of the molecule is [C-]#[N+][C@@H](c1ccccc1)C12OCC(C)(CO1)CO2.